The van der Waals surface area contributed by atoms with Gasteiger partial charge in [-0.1, -0.05) is 29.3 Å². The molecule has 0 aromatic heterocycles. The van der Waals surface area contributed by atoms with Gasteiger partial charge in [0.1, 0.15) is 0 Å². The molecule has 2 aromatic carbocycles. The first-order valence-corrected chi connectivity index (χ1v) is 10.3. The minimum atomic E-state index is -3.83. The second-order valence-electron chi connectivity index (χ2n) is 6.52. The van der Waals surface area contributed by atoms with E-state index in [1.165, 1.54) is 0 Å². The summed E-state index contributed by atoms with van der Waals surface area (Å²) < 4.78 is 28.0. The van der Waals surface area contributed by atoms with Crippen LogP contribution >= 0.6 is 11.6 Å². The average Bonchev–Trinajstić information content (AvgIpc) is 3.11. The van der Waals surface area contributed by atoms with Gasteiger partial charge in [-0.2, -0.15) is 0 Å². The molecule has 1 heterocycles. The van der Waals surface area contributed by atoms with E-state index in [4.69, 9.17) is 11.6 Å². The molecule has 4 N–H and O–H groups in total. The van der Waals surface area contributed by atoms with Gasteiger partial charge in [-0.3, -0.25) is 14.9 Å². The van der Waals surface area contributed by atoms with Crippen molar-refractivity contribution in [3.63, 3.8) is 0 Å². The summed E-state index contributed by atoms with van der Waals surface area (Å²) in [5.41, 5.74) is 8.30. The molecule has 9 heteroatoms. The number of anilines is 2. The Bertz CT molecular complexity index is 948. The van der Waals surface area contributed by atoms with E-state index in [1.54, 1.807) is 30.3 Å². The fourth-order valence-corrected chi connectivity index (χ4v) is 4.41. The number of aryl methyl sites for hydroxylation is 2. The fourth-order valence-electron chi connectivity index (χ4n) is 2.81. The van der Waals surface area contributed by atoms with Crippen LogP contribution in [0.15, 0.2) is 42.5 Å². The van der Waals surface area contributed by atoms with Gasteiger partial charge in [-0.25, -0.2) is 13.8 Å². The molecule has 0 saturated carbocycles. The molecule has 1 fully saturated rings. The molecular weight excluding hydrogens is 388 g/mol. The summed E-state index contributed by atoms with van der Waals surface area (Å²) in [5, 5.41) is 2.25. The number of nitrogens with one attached hydrogen (secondary N) is 4. The van der Waals surface area contributed by atoms with E-state index in [9.17, 15) is 13.2 Å². The lowest BCUT2D eigenvalue weighted by Gasteiger charge is -2.19. The van der Waals surface area contributed by atoms with Gasteiger partial charge in [0.25, 0.3) is 10.0 Å². The average molecular weight is 409 g/mol. The zero-order chi connectivity index (χ0) is 19.6. The maximum absolute atomic E-state index is 12.7. The second kappa shape index (κ2) is 7.85. The number of hydrogen-bond acceptors (Lipinski definition) is 5. The van der Waals surface area contributed by atoms with Gasteiger partial charge >= 0.3 is 0 Å². The molecule has 2 atom stereocenters. The van der Waals surface area contributed by atoms with Crippen LogP contribution < -0.4 is 20.9 Å². The Balaban J connectivity index is 1.74. The van der Waals surface area contributed by atoms with Gasteiger partial charge in [0, 0.05) is 22.9 Å². The van der Waals surface area contributed by atoms with Gasteiger partial charge < -0.3 is 5.32 Å². The number of hydrazine groups is 1. The maximum Gasteiger partial charge on any atom is 0.250 e. The maximum atomic E-state index is 12.7. The molecule has 3 rings (SSSR count). The van der Waals surface area contributed by atoms with Crippen LogP contribution in [0.1, 0.15) is 11.1 Å². The predicted molar refractivity (Wildman–Crippen MR) is 107 cm³/mol. The van der Waals surface area contributed by atoms with E-state index >= 15 is 0 Å². The van der Waals surface area contributed by atoms with Gasteiger partial charge in [0.2, 0.25) is 5.91 Å². The second-order valence-corrected chi connectivity index (χ2v) is 8.73. The Morgan fingerprint density at radius 1 is 1.11 bits per heavy atom. The molecule has 2 aromatic rings. The summed E-state index contributed by atoms with van der Waals surface area (Å²) in [7, 11) is -3.83. The molecular formula is C18H21ClN4O3S. The monoisotopic (exact) mass is 408 g/mol. The van der Waals surface area contributed by atoms with E-state index in [0.29, 0.717) is 16.4 Å². The Hall–Kier alpha value is -2.13. The first kappa shape index (κ1) is 19.6. The first-order chi connectivity index (χ1) is 12.8. The highest BCUT2D eigenvalue weighted by atomic mass is 35.5. The molecule has 1 aliphatic rings. The minimum absolute atomic E-state index is 0.192. The van der Waals surface area contributed by atoms with Crippen LogP contribution in [-0.4, -0.2) is 26.2 Å². The van der Waals surface area contributed by atoms with Crippen molar-refractivity contribution in [2.45, 2.75) is 19.2 Å². The molecule has 1 aliphatic heterocycles. The normalized spacial score (nSPS) is 19.7. The smallest absolute Gasteiger partial charge is 0.250 e. The Morgan fingerprint density at radius 2 is 1.78 bits per heavy atom. The quantitative estimate of drug-likeness (QED) is 0.608. The SMILES string of the molecule is Cc1ccc(NS(=O)(=O)C2NNCC2C(=O)Nc2ccc(Cl)c(C)c2)cc1. The van der Waals surface area contributed by atoms with Crippen LogP contribution in [0.25, 0.3) is 0 Å². The zero-order valence-electron chi connectivity index (χ0n) is 14.9. The van der Waals surface area contributed by atoms with E-state index in [-0.39, 0.29) is 6.54 Å². The third kappa shape index (κ3) is 4.59. The number of carbonyl (C=O) groups is 1. The number of sulfonamides is 1. The van der Waals surface area contributed by atoms with Crippen molar-refractivity contribution in [3.05, 3.63) is 58.6 Å². The first-order valence-electron chi connectivity index (χ1n) is 8.40. The number of rotatable bonds is 5. The largest absolute Gasteiger partial charge is 0.326 e. The van der Waals surface area contributed by atoms with Crippen molar-refractivity contribution in [2.75, 3.05) is 16.6 Å². The van der Waals surface area contributed by atoms with Crippen LogP contribution in [-0.2, 0) is 14.8 Å². The fraction of sp³-hybridized carbons (Fsp3) is 0.278. The van der Waals surface area contributed by atoms with E-state index in [0.717, 1.165) is 11.1 Å². The van der Waals surface area contributed by atoms with E-state index in [2.05, 4.69) is 20.9 Å². The number of amides is 1. The molecule has 0 spiro atoms. The highest BCUT2D eigenvalue weighted by Crippen LogP contribution is 2.22. The summed E-state index contributed by atoms with van der Waals surface area (Å²) in [6.07, 6.45) is 0. The topological polar surface area (TPSA) is 99.3 Å². The summed E-state index contributed by atoms with van der Waals surface area (Å²) in [6.45, 7) is 3.94. The highest BCUT2D eigenvalue weighted by molar-refractivity contribution is 7.93. The van der Waals surface area contributed by atoms with Crippen LogP contribution in [0.4, 0.5) is 11.4 Å². The van der Waals surface area contributed by atoms with E-state index in [1.807, 2.05) is 26.0 Å². The molecule has 1 saturated heterocycles. The van der Waals surface area contributed by atoms with Crippen LogP contribution in [0, 0.1) is 19.8 Å². The summed E-state index contributed by atoms with van der Waals surface area (Å²) in [6, 6.07) is 12.1. The van der Waals surface area contributed by atoms with Gasteiger partial charge in [-0.15, -0.1) is 0 Å². The molecule has 1 amide bonds. The molecule has 144 valence electrons. The molecule has 2 unspecified atom stereocenters. The lowest BCUT2D eigenvalue weighted by molar-refractivity contribution is -0.119. The van der Waals surface area contributed by atoms with Crippen molar-refractivity contribution >= 4 is 38.9 Å². The lowest BCUT2D eigenvalue weighted by Crippen LogP contribution is -2.45. The van der Waals surface area contributed by atoms with Crippen molar-refractivity contribution in [1.29, 1.82) is 0 Å². The number of benzene rings is 2. The van der Waals surface area contributed by atoms with Crippen molar-refractivity contribution < 1.29 is 13.2 Å². The Morgan fingerprint density at radius 3 is 2.44 bits per heavy atom. The van der Waals surface area contributed by atoms with Gasteiger partial charge in [0.15, 0.2) is 5.37 Å². The van der Waals surface area contributed by atoms with Crippen molar-refractivity contribution in [3.8, 4) is 0 Å². The molecule has 27 heavy (non-hydrogen) atoms. The Labute approximate surface area is 163 Å². The molecule has 7 nitrogen and oxygen atoms in total. The number of carbonyl (C=O) groups excluding carboxylic acids is 1. The van der Waals surface area contributed by atoms with Crippen molar-refractivity contribution in [1.82, 2.24) is 10.9 Å². The zero-order valence-corrected chi connectivity index (χ0v) is 16.5. The third-order valence-corrected chi connectivity index (χ3v) is 6.40. The highest BCUT2D eigenvalue weighted by Gasteiger charge is 2.41. The third-order valence-electron chi connectivity index (χ3n) is 4.34. The minimum Gasteiger partial charge on any atom is -0.326 e. The summed E-state index contributed by atoms with van der Waals surface area (Å²) in [5.74, 6) is -1.20. The Kier molecular flexibility index (Phi) is 5.71. The van der Waals surface area contributed by atoms with Gasteiger partial charge in [-0.05, 0) is 49.7 Å². The van der Waals surface area contributed by atoms with Crippen LogP contribution in [0.5, 0.6) is 0 Å². The van der Waals surface area contributed by atoms with Crippen molar-refractivity contribution in [2.24, 2.45) is 5.92 Å². The number of hydrogen-bond donors (Lipinski definition) is 4. The van der Waals surface area contributed by atoms with Crippen LogP contribution in [0.2, 0.25) is 5.02 Å². The standard InChI is InChI=1S/C18H21ClN4O3S/c1-11-3-5-13(6-4-11)23-27(25,26)18-15(10-20-22-18)17(24)21-14-7-8-16(19)12(2)9-14/h3-9,15,18,20,22-23H,10H2,1-2H3,(H,21,24). The van der Waals surface area contributed by atoms with Crippen LogP contribution in [0.3, 0.4) is 0 Å². The molecule has 0 bridgehead atoms. The summed E-state index contributed by atoms with van der Waals surface area (Å²) in [4.78, 5) is 12.6. The molecule has 0 radical (unpaired) electrons. The molecule has 0 aliphatic carbocycles. The van der Waals surface area contributed by atoms with Gasteiger partial charge in [0.05, 0.1) is 5.92 Å². The number of halogens is 1. The van der Waals surface area contributed by atoms with E-state index < -0.39 is 27.2 Å². The lowest BCUT2D eigenvalue weighted by atomic mass is 10.1. The predicted octanol–water partition coefficient (Wildman–Crippen LogP) is 2.39. The summed E-state index contributed by atoms with van der Waals surface area (Å²) >= 11 is 5.99.